The van der Waals surface area contributed by atoms with Crippen LogP contribution in [0.3, 0.4) is 0 Å². The molecule has 0 amide bonds. The van der Waals surface area contributed by atoms with Gasteiger partial charge in [-0.2, -0.15) is 4.98 Å². The molecule has 1 heterocycles. The summed E-state index contributed by atoms with van der Waals surface area (Å²) in [4.78, 5) is 4.29. The molecule has 0 aliphatic heterocycles. The maximum absolute atomic E-state index is 13.7. The lowest BCUT2D eigenvalue weighted by Gasteiger charge is -2.19. The number of rotatable bonds is 6. The van der Waals surface area contributed by atoms with E-state index in [9.17, 15) is 4.39 Å². The summed E-state index contributed by atoms with van der Waals surface area (Å²) in [5, 5.41) is 7.25. The highest BCUT2D eigenvalue weighted by Crippen LogP contribution is 2.20. The lowest BCUT2D eigenvalue weighted by molar-refractivity contribution is 0.329. The molecule has 1 aromatic heterocycles. The van der Waals surface area contributed by atoms with E-state index in [-0.39, 0.29) is 11.9 Å². The lowest BCUT2D eigenvalue weighted by atomic mass is 10.0. The molecule has 1 unspecified atom stereocenters. The van der Waals surface area contributed by atoms with Crippen LogP contribution in [0.15, 0.2) is 28.8 Å². The Hall–Kier alpha value is -1.75. The summed E-state index contributed by atoms with van der Waals surface area (Å²) in [7, 11) is 0. The molecule has 2 aromatic rings. The average molecular weight is 277 g/mol. The summed E-state index contributed by atoms with van der Waals surface area (Å²) >= 11 is 0. The van der Waals surface area contributed by atoms with Crippen molar-refractivity contribution in [1.82, 2.24) is 15.5 Å². The minimum absolute atomic E-state index is 0.272. The molecule has 0 aliphatic rings. The highest BCUT2D eigenvalue weighted by Gasteiger charge is 2.18. The van der Waals surface area contributed by atoms with Crippen LogP contribution in [0.1, 0.15) is 26.7 Å². The highest BCUT2D eigenvalue weighted by molar-refractivity contribution is 5.54. The van der Waals surface area contributed by atoms with Gasteiger partial charge < -0.3 is 9.84 Å². The van der Waals surface area contributed by atoms with Gasteiger partial charge in [0, 0.05) is 12.5 Å². The SMILES string of the molecule is CCNC(Cc1nc(-c2ccccc2F)no1)C(C)C. The second-order valence-electron chi connectivity index (χ2n) is 5.10. The van der Waals surface area contributed by atoms with Gasteiger partial charge in [-0.15, -0.1) is 0 Å². The van der Waals surface area contributed by atoms with Crippen LogP contribution in [0.25, 0.3) is 11.4 Å². The minimum atomic E-state index is -0.341. The zero-order valence-electron chi connectivity index (χ0n) is 12.1. The fraction of sp³-hybridized carbons (Fsp3) is 0.467. The number of halogens is 1. The predicted molar refractivity (Wildman–Crippen MR) is 75.7 cm³/mol. The van der Waals surface area contributed by atoms with Crippen molar-refractivity contribution < 1.29 is 8.91 Å². The van der Waals surface area contributed by atoms with E-state index in [2.05, 4.69) is 36.2 Å². The molecule has 0 radical (unpaired) electrons. The van der Waals surface area contributed by atoms with Crippen molar-refractivity contribution in [3.8, 4) is 11.4 Å². The summed E-state index contributed by atoms with van der Waals surface area (Å²) in [5.74, 6) is 0.950. The molecular formula is C15H20FN3O. The van der Waals surface area contributed by atoms with E-state index in [0.29, 0.717) is 29.6 Å². The Balaban J connectivity index is 2.15. The first-order valence-electron chi connectivity index (χ1n) is 6.92. The van der Waals surface area contributed by atoms with Crippen LogP contribution in [-0.2, 0) is 6.42 Å². The van der Waals surface area contributed by atoms with Crippen molar-refractivity contribution in [2.75, 3.05) is 6.54 Å². The standard InChI is InChI=1S/C15H20FN3O/c1-4-17-13(10(2)3)9-14-18-15(19-20-14)11-7-5-6-8-12(11)16/h5-8,10,13,17H,4,9H2,1-3H3. The van der Waals surface area contributed by atoms with Crippen molar-refractivity contribution in [3.05, 3.63) is 36.0 Å². The first kappa shape index (κ1) is 14.7. The van der Waals surface area contributed by atoms with Gasteiger partial charge >= 0.3 is 0 Å². The molecule has 1 atom stereocenters. The summed E-state index contributed by atoms with van der Waals surface area (Å²) in [5.41, 5.74) is 0.368. The molecule has 5 heteroatoms. The van der Waals surface area contributed by atoms with E-state index < -0.39 is 0 Å². The summed E-state index contributed by atoms with van der Waals surface area (Å²) < 4.78 is 18.9. The Labute approximate surface area is 118 Å². The fourth-order valence-electron chi connectivity index (χ4n) is 2.08. The van der Waals surface area contributed by atoms with E-state index in [1.54, 1.807) is 18.2 Å². The van der Waals surface area contributed by atoms with Crippen molar-refractivity contribution in [3.63, 3.8) is 0 Å². The highest BCUT2D eigenvalue weighted by atomic mass is 19.1. The van der Waals surface area contributed by atoms with Crippen molar-refractivity contribution in [2.45, 2.75) is 33.2 Å². The second-order valence-corrected chi connectivity index (χ2v) is 5.10. The van der Waals surface area contributed by atoms with Crippen LogP contribution in [-0.4, -0.2) is 22.7 Å². The number of nitrogens with one attached hydrogen (secondary N) is 1. The molecule has 0 fully saturated rings. The van der Waals surface area contributed by atoms with Gasteiger partial charge in [0.25, 0.3) is 0 Å². The van der Waals surface area contributed by atoms with Crippen LogP contribution in [0, 0.1) is 11.7 Å². The molecule has 0 aliphatic carbocycles. The van der Waals surface area contributed by atoms with Crippen molar-refractivity contribution >= 4 is 0 Å². The molecule has 0 saturated heterocycles. The first-order valence-corrected chi connectivity index (χ1v) is 6.92. The van der Waals surface area contributed by atoms with Gasteiger partial charge in [-0.05, 0) is 24.6 Å². The third kappa shape index (κ3) is 3.42. The lowest BCUT2D eigenvalue weighted by Crippen LogP contribution is -2.35. The first-order chi connectivity index (χ1) is 9.61. The monoisotopic (exact) mass is 277 g/mol. The molecule has 1 aromatic carbocycles. The van der Waals surface area contributed by atoms with E-state index in [4.69, 9.17) is 4.52 Å². The van der Waals surface area contributed by atoms with Gasteiger partial charge in [-0.3, -0.25) is 0 Å². The molecule has 0 bridgehead atoms. The quantitative estimate of drug-likeness (QED) is 0.881. The Morgan fingerprint density at radius 3 is 2.70 bits per heavy atom. The number of hydrogen-bond donors (Lipinski definition) is 1. The van der Waals surface area contributed by atoms with Gasteiger partial charge in [0.1, 0.15) is 5.82 Å². The molecule has 0 saturated carbocycles. The second kappa shape index (κ2) is 6.61. The smallest absolute Gasteiger partial charge is 0.228 e. The van der Waals surface area contributed by atoms with E-state index in [0.717, 1.165) is 6.54 Å². The zero-order valence-corrected chi connectivity index (χ0v) is 12.1. The number of aromatic nitrogens is 2. The number of hydrogen-bond acceptors (Lipinski definition) is 4. The van der Waals surface area contributed by atoms with Crippen LogP contribution in [0.2, 0.25) is 0 Å². The maximum Gasteiger partial charge on any atom is 0.228 e. The topological polar surface area (TPSA) is 51.0 Å². The fourth-order valence-corrected chi connectivity index (χ4v) is 2.08. The van der Waals surface area contributed by atoms with Gasteiger partial charge in [0.15, 0.2) is 0 Å². The van der Waals surface area contributed by atoms with Crippen LogP contribution in [0.4, 0.5) is 4.39 Å². The van der Waals surface area contributed by atoms with Gasteiger partial charge in [0.2, 0.25) is 11.7 Å². The maximum atomic E-state index is 13.7. The third-order valence-electron chi connectivity index (χ3n) is 3.25. The minimum Gasteiger partial charge on any atom is -0.339 e. The molecular weight excluding hydrogens is 257 g/mol. The largest absolute Gasteiger partial charge is 0.339 e. The number of benzene rings is 1. The third-order valence-corrected chi connectivity index (χ3v) is 3.25. The summed E-state index contributed by atoms with van der Waals surface area (Å²) in [6.07, 6.45) is 0.646. The van der Waals surface area contributed by atoms with Crippen molar-refractivity contribution in [1.29, 1.82) is 0 Å². The number of nitrogens with zero attached hydrogens (tertiary/aromatic N) is 2. The summed E-state index contributed by atoms with van der Waals surface area (Å²) in [6, 6.07) is 6.70. The predicted octanol–water partition coefficient (Wildman–Crippen LogP) is 3.05. The van der Waals surface area contributed by atoms with Crippen LogP contribution in [0.5, 0.6) is 0 Å². The molecule has 4 nitrogen and oxygen atoms in total. The molecule has 108 valence electrons. The van der Waals surface area contributed by atoms with Crippen LogP contribution < -0.4 is 5.32 Å². The van der Waals surface area contributed by atoms with E-state index in [1.807, 2.05) is 0 Å². The van der Waals surface area contributed by atoms with E-state index in [1.165, 1.54) is 6.07 Å². The Morgan fingerprint density at radius 1 is 1.30 bits per heavy atom. The zero-order chi connectivity index (χ0) is 14.5. The Bertz CT molecular complexity index is 554. The van der Waals surface area contributed by atoms with Crippen LogP contribution >= 0.6 is 0 Å². The summed E-state index contributed by atoms with van der Waals surface area (Å²) in [6.45, 7) is 7.23. The van der Waals surface area contributed by atoms with Gasteiger partial charge in [-0.25, -0.2) is 4.39 Å². The molecule has 0 spiro atoms. The molecule has 2 rings (SSSR count). The van der Waals surface area contributed by atoms with E-state index >= 15 is 0 Å². The average Bonchev–Trinajstić information content (AvgIpc) is 2.87. The van der Waals surface area contributed by atoms with Gasteiger partial charge in [-0.1, -0.05) is 38.1 Å². The normalized spacial score (nSPS) is 12.8. The van der Waals surface area contributed by atoms with Gasteiger partial charge in [0.05, 0.1) is 5.56 Å². The Morgan fingerprint density at radius 2 is 2.05 bits per heavy atom. The number of likely N-dealkylation sites (N-methyl/N-ethyl adjacent to an activating group) is 1. The van der Waals surface area contributed by atoms with Crippen molar-refractivity contribution in [2.24, 2.45) is 5.92 Å². The Kier molecular flexibility index (Phi) is 4.84. The molecule has 20 heavy (non-hydrogen) atoms. The molecule has 1 N–H and O–H groups in total.